The number of aldehydes is 1. The van der Waals surface area contributed by atoms with Gasteiger partial charge < -0.3 is 4.90 Å². The molecule has 1 aromatic heterocycles. The van der Waals surface area contributed by atoms with Crippen LogP contribution in [0, 0.1) is 0 Å². The Hall–Kier alpha value is -1.75. The molecule has 0 saturated carbocycles. The first-order chi connectivity index (χ1) is 9.61. The minimum atomic E-state index is 0.715. The van der Waals surface area contributed by atoms with E-state index < -0.39 is 0 Å². The summed E-state index contributed by atoms with van der Waals surface area (Å²) in [5, 5.41) is 1.25. The topological polar surface area (TPSA) is 29.1 Å². The summed E-state index contributed by atoms with van der Waals surface area (Å²) < 4.78 is 4.26. The van der Waals surface area contributed by atoms with Crippen molar-refractivity contribution in [3.63, 3.8) is 0 Å². The highest BCUT2D eigenvalue weighted by Crippen LogP contribution is 2.16. The fraction of sp³-hybridized carbons (Fsp3) is 0.333. The molecule has 5 heteroatoms. The van der Waals surface area contributed by atoms with E-state index >= 15 is 0 Å². The second-order valence-electron chi connectivity index (χ2n) is 4.78. The van der Waals surface area contributed by atoms with E-state index in [2.05, 4.69) is 47.6 Å². The lowest BCUT2D eigenvalue weighted by atomic mass is 10.2. The van der Waals surface area contributed by atoms with E-state index in [9.17, 15) is 4.79 Å². The molecule has 0 saturated heterocycles. The van der Waals surface area contributed by atoms with Crippen LogP contribution in [0.15, 0.2) is 41.8 Å². The summed E-state index contributed by atoms with van der Waals surface area (Å²) in [5.74, 6) is 1.01. The highest BCUT2D eigenvalue weighted by Gasteiger charge is 2.12. The maximum absolute atomic E-state index is 10.6. The number of anilines is 1. The molecule has 0 fully saturated rings. The summed E-state index contributed by atoms with van der Waals surface area (Å²) in [6, 6.07) is 7.67. The third-order valence-electron chi connectivity index (χ3n) is 3.25. The van der Waals surface area contributed by atoms with Crippen LogP contribution in [-0.4, -0.2) is 30.2 Å². The average molecular weight is 290 g/mol. The maximum Gasteiger partial charge on any atom is 0.317 e. The van der Waals surface area contributed by atoms with E-state index in [1.54, 1.807) is 0 Å². The van der Waals surface area contributed by atoms with Gasteiger partial charge in [0.25, 0.3) is 0 Å². The van der Waals surface area contributed by atoms with Gasteiger partial charge in [-0.1, -0.05) is 0 Å². The molecule has 0 aliphatic heterocycles. The quantitative estimate of drug-likeness (QED) is 0.462. The molecule has 106 valence electrons. The van der Waals surface area contributed by atoms with Crippen LogP contribution < -0.4 is 9.47 Å². The fourth-order valence-electron chi connectivity index (χ4n) is 1.99. The van der Waals surface area contributed by atoms with Crippen molar-refractivity contribution in [3.8, 4) is 0 Å². The fourth-order valence-corrected chi connectivity index (χ4v) is 3.07. The normalized spacial score (nSPS) is 10.6. The van der Waals surface area contributed by atoms with Gasteiger partial charge in [-0.05, 0) is 36.0 Å². The van der Waals surface area contributed by atoms with Crippen LogP contribution in [0.2, 0.25) is 0 Å². The van der Waals surface area contributed by atoms with E-state index in [1.165, 1.54) is 5.16 Å². The Bertz CT molecular complexity index is 558. The van der Waals surface area contributed by atoms with Crippen LogP contribution in [0.3, 0.4) is 0 Å². The van der Waals surface area contributed by atoms with Gasteiger partial charge >= 0.3 is 5.16 Å². The smallest absolute Gasteiger partial charge is 0.317 e. The van der Waals surface area contributed by atoms with Gasteiger partial charge in [0, 0.05) is 30.6 Å². The predicted molar refractivity (Wildman–Crippen MR) is 82.4 cm³/mol. The molecule has 0 unspecified atom stereocenters. The van der Waals surface area contributed by atoms with Crippen molar-refractivity contribution in [2.45, 2.75) is 5.16 Å². The zero-order chi connectivity index (χ0) is 14.5. The lowest BCUT2D eigenvalue weighted by molar-refractivity contribution is -0.709. The molecule has 0 atom stereocenters. The SMILES string of the molecule is CN(CCSc1n(C)cc[n+]1C)c1ccc(C=O)cc1. The van der Waals surface area contributed by atoms with Crippen molar-refractivity contribution in [2.24, 2.45) is 14.1 Å². The second kappa shape index (κ2) is 6.61. The maximum atomic E-state index is 10.6. The van der Waals surface area contributed by atoms with Crippen LogP contribution in [0.25, 0.3) is 0 Å². The standard InChI is InChI=1S/C15H20N3OS/c1-16(14-6-4-13(12-19)5-7-14)10-11-20-15-17(2)8-9-18(15)3/h4-9,12H,10-11H2,1-3H3/q+1. The molecule has 0 radical (unpaired) electrons. The molecule has 0 N–H and O–H groups in total. The van der Waals surface area contributed by atoms with Gasteiger partial charge in [0.1, 0.15) is 18.7 Å². The predicted octanol–water partition coefficient (Wildman–Crippen LogP) is 1.89. The summed E-state index contributed by atoms with van der Waals surface area (Å²) in [4.78, 5) is 12.8. The van der Waals surface area contributed by atoms with Crippen LogP contribution >= 0.6 is 11.8 Å². The summed E-state index contributed by atoms with van der Waals surface area (Å²) in [7, 11) is 6.19. The zero-order valence-corrected chi connectivity index (χ0v) is 12.9. The molecule has 1 heterocycles. The number of hydrogen-bond donors (Lipinski definition) is 0. The molecule has 20 heavy (non-hydrogen) atoms. The summed E-state index contributed by atoms with van der Waals surface area (Å²) in [5.41, 5.74) is 1.85. The van der Waals surface area contributed by atoms with Gasteiger partial charge in [-0.2, -0.15) is 0 Å². The Morgan fingerprint density at radius 3 is 2.60 bits per heavy atom. The average Bonchev–Trinajstić information content (AvgIpc) is 2.79. The van der Waals surface area contributed by atoms with Crippen molar-refractivity contribution in [1.29, 1.82) is 0 Å². The number of benzene rings is 1. The number of hydrogen-bond acceptors (Lipinski definition) is 3. The van der Waals surface area contributed by atoms with E-state index in [0.717, 1.165) is 24.3 Å². The lowest BCUT2D eigenvalue weighted by Gasteiger charge is -2.18. The van der Waals surface area contributed by atoms with Crippen LogP contribution in [-0.2, 0) is 14.1 Å². The Morgan fingerprint density at radius 2 is 2.05 bits per heavy atom. The minimum Gasteiger partial charge on any atom is -0.374 e. The first kappa shape index (κ1) is 14.7. The molecule has 1 aromatic carbocycles. The number of aryl methyl sites for hydroxylation is 2. The molecule has 0 bridgehead atoms. The Kier molecular flexibility index (Phi) is 4.84. The van der Waals surface area contributed by atoms with Crippen molar-refractivity contribution in [1.82, 2.24) is 4.57 Å². The number of rotatable bonds is 6. The number of nitrogens with zero attached hydrogens (tertiary/aromatic N) is 3. The lowest BCUT2D eigenvalue weighted by Crippen LogP contribution is -2.29. The van der Waals surface area contributed by atoms with E-state index in [-0.39, 0.29) is 0 Å². The molecule has 0 aliphatic rings. The van der Waals surface area contributed by atoms with Crippen molar-refractivity contribution in [2.75, 3.05) is 24.2 Å². The van der Waals surface area contributed by atoms with Crippen LogP contribution in [0.4, 0.5) is 5.69 Å². The van der Waals surface area contributed by atoms with Gasteiger partial charge in [0.2, 0.25) is 0 Å². The molecule has 0 amide bonds. The second-order valence-corrected chi connectivity index (χ2v) is 5.84. The van der Waals surface area contributed by atoms with Crippen LogP contribution in [0.5, 0.6) is 0 Å². The molecule has 0 aliphatic carbocycles. The third kappa shape index (κ3) is 3.42. The van der Waals surface area contributed by atoms with Gasteiger partial charge in [-0.3, -0.25) is 4.79 Å². The Balaban J connectivity index is 1.88. The molecule has 2 rings (SSSR count). The summed E-state index contributed by atoms with van der Waals surface area (Å²) in [6.45, 7) is 0.955. The van der Waals surface area contributed by atoms with Gasteiger partial charge in [-0.15, -0.1) is 0 Å². The van der Waals surface area contributed by atoms with Gasteiger partial charge in [0.15, 0.2) is 0 Å². The molecule has 0 spiro atoms. The van der Waals surface area contributed by atoms with Gasteiger partial charge in [0.05, 0.1) is 14.1 Å². The number of imidazole rings is 1. The zero-order valence-electron chi connectivity index (χ0n) is 12.1. The molecular formula is C15H20N3OS+. The van der Waals surface area contributed by atoms with E-state index in [4.69, 9.17) is 0 Å². The van der Waals surface area contributed by atoms with Crippen LogP contribution in [0.1, 0.15) is 10.4 Å². The van der Waals surface area contributed by atoms with Gasteiger partial charge in [-0.25, -0.2) is 9.13 Å². The summed E-state index contributed by atoms with van der Waals surface area (Å²) >= 11 is 1.84. The largest absolute Gasteiger partial charge is 0.374 e. The first-order valence-corrected chi connectivity index (χ1v) is 7.50. The number of aromatic nitrogens is 2. The first-order valence-electron chi connectivity index (χ1n) is 6.52. The molecule has 2 aromatic rings. The Labute approximate surface area is 124 Å². The van der Waals surface area contributed by atoms with E-state index in [1.807, 2.05) is 36.0 Å². The minimum absolute atomic E-state index is 0.715. The van der Waals surface area contributed by atoms with E-state index in [0.29, 0.717) is 5.56 Å². The summed E-state index contributed by atoms with van der Waals surface area (Å²) in [6.07, 6.45) is 4.99. The highest BCUT2D eigenvalue weighted by molar-refractivity contribution is 7.99. The molecular weight excluding hydrogens is 270 g/mol. The van der Waals surface area contributed by atoms with Crippen molar-refractivity contribution >= 4 is 23.7 Å². The monoisotopic (exact) mass is 290 g/mol. The van der Waals surface area contributed by atoms with Crippen molar-refractivity contribution < 1.29 is 9.36 Å². The van der Waals surface area contributed by atoms with Crippen molar-refractivity contribution in [3.05, 3.63) is 42.2 Å². The number of thioether (sulfide) groups is 1. The number of carbonyl (C=O) groups excluding carboxylic acids is 1. The Morgan fingerprint density at radius 1 is 1.35 bits per heavy atom. The highest BCUT2D eigenvalue weighted by atomic mass is 32.2. The number of carbonyl (C=O) groups is 1. The molecule has 4 nitrogen and oxygen atoms in total. The third-order valence-corrected chi connectivity index (χ3v) is 4.47.